The Hall–Kier alpha value is -3.29. The third-order valence-corrected chi connectivity index (χ3v) is 8.72. The first kappa shape index (κ1) is 21.9. The molecule has 0 aromatic heterocycles. The van der Waals surface area contributed by atoms with Gasteiger partial charge >= 0.3 is 0 Å². The second-order valence-electron chi connectivity index (χ2n) is 10.8. The Balaban J connectivity index is 1.41. The molecule has 0 saturated carbocycles. The van der Waals surface area contributed by atoms with Crippen molar-refractivity contribution in [1.29, 1.82) is 0 Å². The molecular weight excluding hydrogens is 456 g/mol. The molecule has 184 valence electrons. The van der Waals surface area contributed by atoms with Crippen molar-refractivity contribution in [3.05, 3.63) is 80.6 Å². The Morgan fingerprint density at radius 1 is 0.944 bits per heavy atom. The van der Waals surface area contributed by atoms with Gasteiger partial charge in [-0.3, -0.25) is 9.59 Å². The molecule has 3 N–H and O–H groups in total. The summed E-state index contributed by atoms with van der Waals surface area (Å²) in [7, 11) is 0. The molecule has 7 nitrogen and oxygen atoms in total. The standard InChI is InChI=1S/C29H28N2O5/c32-17-11-15-3-1-7-30-9-5-19(21(13-17)25(15)30)23-27(34)24(29(36)28(23)35)20-6-10-31-8-2-4-16-12-18(33)14-22(20)26(16)31/h1-3,8,10,17-18,22,32-33H,4-7,9,11-14H2/p+1/b24-20-. The lowest BCUT2D eigenvalue weighted by Crippen LogP contribution is -2.37. The summed E-state index contributed by atoms with van der Waals surface area (Å²) < 4.78 is 2.08. The molecule has 36 heavy (non-hydrogen) atoms. The first-order valence-corrected chi connectivity index (χ1v) is 12.9. The summed E-state index contributed by atoms with van der Waals surface area (Å²) in [6.45, 7) is 1.48. The quantitative estimate of drug-likeness (QED) is 0.300. The summed E-state index contributed by atoms with van der Waals surface area (Å²) in [5.41, 5.74) is 6.86. The van der Waals surface area contributed by atoms with Gasteiger partial charge in [-0.1, -0.05) is 12.2 Å². The van der Waals surface area contributed by atoms with Crippen molar-refractivity contribution in [2.24, 2.45) is 5.92 Å². The van der Waals surface area contributed by atoms with Crippen LogP contribution in [0.4, 0.5) is 0 Å². The lowest BCUT2D eigenvalue weighted by Gasteiger charge is -2.41. The van der Waals surface area contributed by atoms with Crippen molar-refractivity contribution in [2.75, 3.05) is 13.1 Å². The molecular formula is C29H29N2O5+. The number of nitrogens with zero attached hydrogens (tertiary/aromatic N) is 2. The minimum Gasteiger partial charge on any atom is -0.506 e. The van der Waals surface area contributed by atoms with Crippen molar-refractivity contribution >= 4 is 17.8 Å². The number of carbonyl (C=O) groups excluding carboxylic acids is 2. The predicted octanol–water partition coefficient (Wildman–Crippen LogP) is 2.66. The zero-order valence-electron chi connectivity index (χ0n) is 20.0. The van der Waals surface area contributed by atoms with Crippen molar-refractivity contribution < 1.29 is 29.5 Å². The fraction of sp³-hybridized carbons (Fsp3) is 0.414. The minimum atomic E-state index is -0.656. The number of carbonyl (C=O) groups is 2. The number of aliphatic hydroxyl groups is 3. The Morgan fingerprint density at radius 2 is 1.78 bits per heavy atom. The van der Waals surface area contributed by atoms with E-state index in [4.69, 9.17) is 0 Å². The number of rotatable bonds is 1. The van der Waals surface area contributed by atoms with Gasteiger partial charge in [0.05, 0.1) is 29.3 Å². The highest BCUT2D eigenvalue weighted by atomic mass is 16.3. The fourth-order valence-electron chi connectivity index (χ4n) is 7.31. The molecule has 0 spiro atoms. The second-order valence-corrected chi connectivity index (χ2v) is 10.8. The van der Waals surface area contributed by atoms with E-state index in [9.17, 15) is 24.9 Å². The van der Waals surface area contributed by atoms with Gasteiger partial charge < -0.3 is 20.2 Å². The van der Waals surface area contributed by atoms with Crippen LogP contribution in [-0.4, -0.2) is 67.9 Å². The van der Waals surface area contributed by atoms with Crippen LogP contribution in [0.3, 0.4) is 0 Å². The Kier molecular flexibility index (Phi) is 4.79. The Bertz CT molecular complexity index is 1400. The van der Waals surface area contributed by atoms with Crippen LogP contribution < -0.4 is 0 Å². The Morgan fingerprint density at radius 3 is 2.64 bits per heavy atom. The molecule has 0 radical (unpaired) electrons. The summed E-state index contributed by atoms with van der Waals surface area (Å²) in [6.07, 6.45) is 12.9. The summed E-state index contributed by atoms with van der Waals surface area (Å²) in [6, 6.07) is 0. The number of hydrogen-bond acceptors (Lipinski definition) is 6. The van der Waals surface area contributed by atoms with Gasteiger partial charge in [-0.05, 0) is 47.6 Å². The highest BCUT2D eigenvalue weighted by Crippen LogP contribution is 2.48. The third kappa shape index (κ3) is 3.02. The third-order valence-electron chi connectivity index (χ3n) is 8.72. The van der Waals surface area contributed by atoms with E-state index in [1.165, 1.54) is 0 Å². The van der Waals surface area contributed by atoms with Gasteiger partial charge in [0.25, 0.3) is 0 Å². The smallest absolute Gasteiger partial charge is 0.237 e. The maximum Gasteiger partial charge on any atom is 0.237 e. The van der Waals surface area contributed by atoms with E-state index in [0.717, 1.165) is 46.7 Å². The van der Waals surface area contributed by atoms with E-state index >= 15 is 0 Å². The van der Waals surface area contributed by atoms with Crippen molar-refractivity contribution in [2.45, 2.75) is 57.2 Å². The van der Waals surface area contributed by atoms with Crippen LogP contribution in [0.1, 0.15) is 44.9 Å². The van der Waals surface area contributed by atoms with Crippen LogP contribution in [0.25, 0.3) is 0 Å². The molecule has 0 saturated heterocycles. The second kappa shape index (κ2) is 7.85. The van der Waals surface area contributed by atoms with Gasteiger partial charge in [0.2, 0.25) is 11.6 Å². The molecule has 0 amide bonds. The van der Waals surface area contributed by atoms with E-state index < -0.39 is 23.8 Å². The van der Waals surface area contributed by atoms with Gasteiger partial charge in [-0.2, -0.15) is 4.58 Å². The molecule has 7 rings (SSSR count). The summed E-state index contributed by atoms with van der Waals surface area (Å²) >= 11 is 0. The van der Waals surface area contributed by atoms with Crippen LogP contribution in [0.5, 0.6) is 0 Å². The highest BCUT2D eigenvalue weighted by molar-refractivity contribution is 6.54. The summed E-state index contributed by atoms with van der Waals surface area (Å²) in [5.74, 6) is -1.74. The van der Waals surface area contributed by atoms with Crippen LogP contribution in [0.2, 0.25) is 0 Å². The Labute approximate surface area is 209 Å². The zero-order chi connectivity index (χ0) is 24.7. The fourth-order valence-corrected chi connectivity index (χ4v) is 7.31. The summed E-state index contributed by atoms with van der Waals surface area (Å²) in [4.78, 5) is 29.2. The van der Waals surface area contributed by atoms with Crippen molar-refractivity contribution in [3.63, 3.8) is 0 Å². The lowest BCUT2D eigenvalue weighted by atomic mass is 9.74. The first-order chi connectivity index (χ1) is 17.4. The number of Topliss-reactive ketones (excluding diaryl/α,β-unsaturated/α-hetero) is 2. The molecule has 3 aliphatic carbocycles. The van der Waals surface area contributed by atoms with Crippen LogP contribution in [0.15, 0.2) is 80.6 Å². The van der Waals surface area contributed by atoms with Crippen LogP contribution in [0, 0.1) is 5.92 Å². The van der Waals surface area contributed by atoms with Crippen molar-refractivity contribution in [3.8, 4) is 0 Å². The number of ketones is 2. The van der Waals surface area contributed by atoms with E-state index in [-0.39, 0.29) is 22.8 Å². The molecule has 3 unspecified atom stereocenters. The normalized spacial score (nSPS) is 33.6. The largest absolute Gasteiger partial charge is 0.506 e. The maximum absolute atomic E-state index is 13.5. The average Bonchev–Trinajstić information content (AvgIpc) is 3.07. The number of aliphatic hydroxyl groups excluding tert-OH is 3. The molecule has 0 aromatic rings. The predicted molar refractivity (Wildman–Crippen MR) is 132 cm³/mol. The van der Waals surface area contributed by atoms with Crippen molar-refractivity contribution in [1.82, 2.24) is 4.90 Å². The summed E-state index contributed by atoms with van der Waals surface area (Å²) in [5, 5.41) is 32.7. The maximum atomic E-state index is 13.5. The molecule has 4 heterocycles. The highest BCUT2D eigenvalue weighted by Gasteiger charge is 2.48. The number of hydrogen-bond donors (Lipinski definition) is 3. The topological polar surface area (TPSA) is 101 Å². The van der Waals surface area contributed by atoms with Gasteiger partial charge in [0.15, 0.2) is 18.1 Å². The molecule has 7 heteroatoms. The van der Waals surface area contributed by atoms with Crippen LogP contribution in [-0.2, 0) is 9.59 Å². The van der Waals surface area contributed by atoms with E-state index in [2.05, 4.69) is 21.6 Å². The van der Waals surface area contributed by atoms with Gasteiger partial charge in [-0.25, -0.2) is 0 Å². The monoisotopic (exact) mass is 485 g/mol. The zero-order valence-corrected chi connectivity index (χ0v) is 20.0. The SMILES string of the molecule is O=C1C(=O)/C(=C2/CC=[N+]3C=CCC4=C3C2CC(O)C4)C(O)=C1C1=C2CC(O)CC3=C2N(CC=C3)CC1. The molecule has 0 fully saturated rings. The molecule has 4 aliphatic heterocycles. The van der Waals surface area contributed by atoms with E-state index in [0.29, 0.717) is 50.6 Å². The van der Waals surface area contributed by atoms with Gasteiger partial charge in [0.1, 0.15) is 5.76 Å². The van der Waals surface area contributed by atoms with E-state index in [1.807, 2.05) is 18.5 Å². The molecule has 3 atom stereocenters. The van der Waals surface area contributed by atoms with Gasteiger partial charge in [-0.15, -0.1) is 0 Å². The molecule has 7 aliphatic rings. The minimum absolute atomic E-state index is 0.115. The number of allylic oxidation sites excluding steroid dienone is 6. The van der Waals surface area contributed by atoms with E-state index in [1.54, 1.807) is 0 Å². The first-order valence-electron chi connectivity index (χ1n) is 12.9. The molecule has 0 aromatic carbocycles. The molecule has 0 bridgehead atoms. The average molecular weight is 486 g/mol. The van der Waals surface area contributed by atoms with Crippen LogP contribution >= 0.6 is 0 Å². The lowest BCUT2D eigenvalue weighted by molar-refractivity contribution is -0.413. The van der Waals surface area contributed by atoms with Gasteiger partial charge in [0, 0.05) is 50.0 Å².